The number of hydrogen-bond acceptors (Lipinski definition) is 4. The summed E-state index contributed by atoms with van der Waals surface area (Å²) in [5.74, 6) is 5.49. The Bertz CT molecular complexity index is 252. The molecule has 1 aromatic heterocycles. The van der Waals surface area contributed by atoms with Crippen molar-refractivity contribution in [2.24, 2.45) is 11.3 Å². The van der Waals surface area contributed by atoms with Crippen LogP contribution in [-0.4, -0.2) is 10.2 Å². The number of nitrogens with zero attached hydrogens (tertiary/aromatic N) is 2. The Morgan fingerprint density at radius 3 is 2.46 bits per heavy atom. The van der Waals surface area contributed by atoms with Gasteiger partial charge < -0.3 is 0 Å². The first-order valence-corrected chi connectivity index (χ1v) is 4.28. The minimum atomic E-state index is 0.0672. The number of rotatable bonds is 2. The molecule has 0 amide bonds. The number of hydrazine groups is 1. The summed E-state index contributed by atoms with van der Waals surface area (Å²) in [6.45, 7) is 6.37. The van der Waals surface area contributed by atoms with Crippen molar-refractivity contribution in [3.05, 3.63) is 24.0 Å². The van der Waals surface area contributed by atoms with Gasteiger partial charge in [0.15, 0.2) is 0 Å². The number of aromatic nitrogens is 2. The maximum absolute atomic E-state index is 5.49. The van der Waals surface area contributed by atoms with Crippen molar-refractivity contribution < 1.29 is 0 Å². The third-order valence-electron chi connectivity index (χ3n) is 1.97. The van der Waals surface area contributed by atoms with Crippen molar-refractivity contribution in [3.63, 3.8) is 0 Å². The molecule has 0 spiro atoms. The Labute approximate surface area is 78.5 Å². The van der Waals surface area contributed by atoms with E-state index in [-0.39, 0.29) is 11.5 Å². The second-order valence-electron chi connectivity index (χ2n) is 4.14. The minimum absolute atomic E-state index is 0.0672. The van der Waals surface area contributed by atoms with E-state index in [1.165, 1.54) is 0 Å². The van der Waals surface area contributed by atoms with Crippen LogP contribution in [0, 0.1) is 5.41 Å². The highest BCUT2D eigenvalue weighted by Crippen LogP contribution is 2.30. The quantitative estimate of drug-likeness (QED) is 0.527. The molecule has 1 rings (SSSR count). The van der Waals surface area contributed by atoms with Gasteiger partial charge in [-0.05, 0) is 17.0 Å². The summed E-state index contributed by atoms with van der Waals surface area (Å²) >= 11 is 0. The number of nitrogens with one attached hydrogen (secondary N) is 1. The maximum Gasteiger partial charge on any atom is 0.0544 e. The smallest absolute Gasteiger partial charge is 0.0544 e. The molecule has 1 aromatic rings. The number of hydrogen-bond donors (Lipinski definition) is 2. The molecule has 1 unspecified atom stereocenters. The van der Waals surface area contributed by atoms with Crippen LogP contribution in [0.4, 0.5) is 0 Å². The fraction of sp³-hybridized carbons (Fsp3) is 0.556. The van der Waals surface area contributed by atoms with Crippen LogP contribution >= 0.6 is 0 Å². The van der Waals surface area contributed by atoms with Crippen molar-refractivity contribution >= 4 is 0 Å². The largest absolute Gasteiger partial charge is 0.271 e. The Balaban J connectivity index is 2.92. The second kappa shape index (κ2) is 3.81. The molecule has 4 heteroatoms. The zero-order valence-corrected chi connectivity index (χ0v) is 8.28. The van der Waals surface area contributed by atoms with Crippen LogP contribution in [0.1, 0.15) is 32.4 Å². The van der Waals surface area contributed by atoms with Crippen LogP contribution < -0.4 is 11.3 Å². The molecular formula is C9H16N4. The van der Waals surface area contributed by atoms with E-state index < -0.39 is 0 Å². The molecule has 0 aromatic carbocycles. The Morgan fingerprint density at radius 2 is 2.08 bits per heavy atom. The van der Waals surface area contributed by atoms with Gasteiger partial charge in [-0.25, -0.2) is 0 Å². The molecule has 0 aliphatic heterocycles. The van der Waals surface area contributed by atoms with Gasteiger partial charge in [0, 0.05) is 6.20 Å². The summed E-state index contributed by atoms with van der Waals surface area (Å²) in [7, 11) is 0. The van der Waals surface area contributed by atoms with Crippen LogP contribution in [0.2, 0.25) is 0 Å². The van der Waals surface area contributed by atoms with Gasteiger partial charge in [0.1, 0.15) is 0 Å². The SMILES string of the molecule is CC(C)(C)C(NN)c1ccnnc1. The first-order chi connectivity index (χ1) is 6.05. The van der Waals surface area contributed by atoms with Crippen molar-refractivity contribution in [1.29, 1.82) is 0 Å². The summed E-state index contributed by atoms with van der Waals surface area (Å²) in [5.41, 5.74) is 3.92. The molecule has 4 nitrogen and oxygen atoms in total. The van der Waals surface area contributed by atoms with E-state index >= 15 is 0 Å². The lowest BCUT2D eigenvalue weighted by molar-refractivity contribution is 0.275. The summed E-state index contributed by atoms with van der Waals surface area (Å²) < 4.78 is 0. The summed E-state index contributed by atoms with van der Waals surface area (Å²) in [4.78, 5) is 0. The summed E-state index contributed by atoms with van der Waals surface area (Å²) in [6, 6.07) is 2.02. The molecule has 3 N–H and O–H groups in total. The summed E-state index contributed by atoms with van der Waals surface area (Å²) in [5, 5.41) is 7.55. The molecular weight excluding hydrogens is 164 g/mol. The van der Waals surface area contributed by atoms with Gasteiger partial charge in [-0.3, -0.25) is 11.3 Å². The normalized spacial score (nSPS) is 14.2. The Morgan fingerprint density at radius 1 is 1.38 bits per heavy atom. The molecule has 0 bridgehead atoms. The standard InChI is InChI=1S/C9H16N4/c1-9(2,3)8(13-10)7-4-5-11-12-6-7/h4-6,8,13H,10H2,1-3H3. The van der Waals surface area contributed by atoms with Crippen molar-refractivity contribution in [2.45, 2.75) is 26.8 Å². The van der Waals surface area contributed by atoms with E-state index in [0.717, 1.165) is 5.56 Å². The third kappa shape index (κ3) is 2.47. The molecule has 0 aliphatic rings. The van der Waals surface area contributed by atoms with Crippen LogP contribution in [-0.2, 0) is 0 Å². The highest BCUT2D eigenvalue weighted by molar-refractivity contribution is 5.13. The van der Waals surface area contributed by atoms with Gasteiger partial charge >= 0.3 is 0 Å². The average Bonchev–Trinajstić information content (AvgIpc) is 2.05. The van der Waals surface area contributed by atoms with Crippen molar-refractivity contribution in [2.75, 3.05) is 0 Å². The molecule has 1 atom stereocenters. The van der Waals surface area contributed by atoms with E-state index in [4.69, 9.17) is 5.84 Å². The summed E-state index contributed by atoms with van der Waals surface area (Å²) in [6.07, 6.45) is 3.40. The van der Waals surface area contributed by atoms with Crippen molar-refractivity contribution in [1.82, 2.24) is 15.6 Å². The lowest BCUT2D eigenvalue weighted by Crippen LogP contribution is -2.36. The molecule has 0 aliphatic carbocycles. The van der Waals surface area contributed by atoms with Gasteiger partial charge in [-0.15, -0.1) is 0 Å². The van der Waals surface area contributed by atoms with Crippen molar-refractivity contribution in [3.8, 4) is 0 Å². The molecule has 1 heterocycles. The van der Waals surface area contributed by atoms with Crippen LogP contribution in [0.25, 0.3) is 0 Å². The average molecular weight is 180 g/mol. The maximum atomic E-state index is 5.49. The van der Waals surface area contributed by atoms with Crippen LogP contribution in [0.5, 0.6) is 0 Å². The van der Waals surface area contributed by atoms with E-state index in [1.807, 2.05) is 6.07 Å². The zero-order chi connectivity index (χ0) is 9.90. The van der Waals surface area contributed by atoms with Gasteiger partial charge in [0.05, 0.1) is 12.2 Å². The molecule has 0 fully saturated rings. The first-order valence-electron chi connectivity index (χ1n) is 4.28. The minimum Gasteiger partial charge on any atom is -0.271 e. The topological polar surface area (TPSA) is 63.8 Å². The lowest BCUT2D eigenvalue weighted by atomic mass is 9.83. The molecule has 0 radical (unpaired) electrons. The predicted octanol–water partition coefficient (Wildman–Crippen LogP) is 1.03. The lowest BCUT2D eigenvalue weighted by Gasteiger charge is -2.29. The fourth-order valence-electron chi connectivity index (χ4n) is 1.32. The van der Waals surface area contributed by atoms with E-state index in [9.17, 15) is 0 Å². The fourth-order valence-corrected chi connectivity index (χ4v) is 1.32. The van der Waals surface area contributed by atoms with E-state index in [1.54, 1.807) is 12.4 Å². The Kier molecular flexibility index (Phi) is 2.95. The predicted molar refractivity (Wildman–Crippen MR) is 51.6 cm³/mol. The van der Waals surface area contributed by atoms with E-state index in [2.05, 4.69) is 36.4 Å². The highest BCUT2D eigenvalue weighted by Gasteiger charge is 2.24. The Hall–Kier alpha value is -1.00. The van der Waals surface area contributed by atoms with Gasteiger partial charge in [0.25, 0.3) is 0 Å². The zero-order valence-electron chi connectivity index (χ0n) is 8.28. The van der Waals surface area contributed by atoms with Crippen LogP contribution in [0.15, 0.2) is 18.5 Å². The van der Waals surface area contributed by atoms with Crippen LogP contribution in [0.3, 0.4) is 0 Å². The van der Waals surface area contributed by atoms with Gasteiger partial charge in [-0.1, -0.05) is 20.8 Å². The molecule has 13 heavy (non-hydrogen) atoms. The molecule has 0 saturated carbocycles. The second-order valence-corrected chi connectivity index (χ2v) is 4.14. The third-order valence-corrected chi connectivity index (χ3v) is 1.97. The van der Waals surface area contributed by atoms with E-state index in [0.29, 0.717) is 0 Å². The molecule has 0 saturated heterocycles. The first kappa shape index (κ1) is 10.1. The highest BCUT2D eigenvalue weighted by atomic mass is 15.2. The monoisotopic (exact) mass is 180 g/mol. The molecule has 72 valence electrons. The van der Waals surface area contributed by atoms with Gasteiger partial charge in [0.2, 0.25) is 0 Å². The van der Waals surface area contributed by atoms with Gasteiger partial charge in [-0.2, -0.15) is 10.2 Å². The number of nitrogens with two attached hydrogens (primary N) is 1.